The van der Waals surface area contributed by atoms with Gasteiger partial charge in [-0.15, -0.1) is 11.8 Å². The van der Waals surface area contributed by atoms with Gasteiger partial charge in [0, 0.05) is 28.8 Å². The first kappa shape index (κ1) is 15.2. The van der Waals surface area contributed by atoms with Gasteiger partial charge in [0.1, 0.15) is 0 Å². The zero-order chi connectivity index (χ0) is 13.4. The molecule has 0 aromatic heterocycles. The zero-order valence-corrected chi connectivity index (χ0v) is 12.4. The van der Waals surface area contributed by atoms with Crippen LogP contribution in [0.3, 0.4) is 0 Å². The zero-order valence-electron chi connectivity index (χ0n) is 10.8. The molecule has 0 unspecified atom stereocenters. The average Bonchev–Trinajstić information content (AvgIpc) is 2.34. The molecule has 0 atom stereocenters. The number of aliphatic imine (C=N–C) groups is 1. The van der Waals surface area contributed by atoms with Crippen molar-refractivity contribution in [2.45, 2.75) is 18.7 Å². The van der Waals surface area contributed by atoms with Gasteiger partial charge < -0.3 is 11.1 Å². The predicted molar refractivity (Wildman–Crippen MR) is 81.5 cm³/mol. The summed E-state index contributed by atoms with van der Waals surface area (Å²) >= 11 is 7.58. The van der Waals surface area contributed by atoms with Crippen molar-refractivity contribution in [2.75, 3.05) is 18.8 Å². The van der Waals surface area contributed by atoms with E-state index < -0.39 is 0 Å². The van der Waals surface area contributed by atoms with E-state index in [-0.39, 0.29) is 0 Å². The minimum absolute atomic E-state index is 0.528. The van der Waals surface area contributed by atoms with Gasteiger partial charge in [-0.3, -0.25) is 4.99 Å². The summed E-state index contributed by atoms with van der Waals surface area (Å²) in [6.45, 7) is 5.81. The Morgan fingerprint density at radius 1 is 1.39 bits per heavy atom. The van der Waals surface area contributed by atoms with Crippen molar-refractivity contribution in [1.82, 2.24) is 5.32 Å². The van der Waals surface area contributed by atoms with E-state index in [0.29, 0.717) is 11.9 Å². The third-order valence-electron chi connectivity index (χ3n) is 2.12. The first-order chi connectivity index (χ1) is 8.58. The van der Waals surface area contributed by atoms with Gasteiger partial charge in [0.05, 0.1) is 0 Å². The number of hydrogen-bond acceptors (Lipinski definition) is 2. The fourth-order valence-electron chi connectivity index (χ4n) is 1.22. The Morgan fingerprint density at radius 3 is 2.67 bits per heavy atom. The highest BCUT2D eigenvalue weighted by atomic mass is 35.5. The molecule has 0 aliphatic rings. The fraction of sp³-hybridized carbons (Fsp3) is 0.462. The van der Waals surface area contributed by atoms with Gasteiger partial charge in [-0.2, -0.15) is 0 Å². The maximum Gasteiger partial charge on any atom is 0.188 e. The summed E-state index contributed by atoms with van der Waals surface area (Å²) in [5, 5.41) is 3.87. The van der Waals surface area contributed by atoms with Gasteiger partial charge in [0.2, 0.25) is 0 Å². The smallest absolute Gasteiger partial charge is 0.188 e. The van der Waals surface area contributed by atoms with Crippen molar-refractivity contribution in [3.8, 4) is 0 Å². The molecule has 0 saturated carbocycles. The lowest BCUT2D eigenvalue weighted by molar-refractivity contribution is 0.662. The van der Waals surface area contributed by atoms with Crippen LogP contribution in [0.4, 0.5) is 0 Å². The molecule has 1 aromatic carbocycles. The number of thioether (sulfide) groups is 1. The highest BCUT2D eigenvalue weighted by Crippen LogP contribution is 2.19. The van der Waals surface area contributed by atoms with Crippen LogP contribution >= 0.6 is 23.4 Å². The lowest BCUT2D eigenvalue weighted by Gasteiger charge is -2.06. The normalized spacial score (nSPS) is 11.9. The average molecular weight is 286 g/mol. The van der Waals surface area contributed by atoms with Crippen molar-refractivity contribution in [1.29, 1.82) is 0 Å². The number of nitrogens with one attached hydrogen (secondary N) is 1. The van der Waals surface area contributed by atoms with Crippen LogP contribution in [0.1, 0.15) is 13.8 Å². The molecule has 1 aromatic rings. The summed E-state index contributed by atoms with van der Waals surface area (Å²) in [5.41, 5.74) is 5.73. The molecule has 100 valence electrons. The Labute approximate surface area is 118 Å². The molecule has 0 bridgehead atoms. The molecule has 0 aliphatic carbocycles. The van der Waals surface area contributed by atoms with Crippen LogP contribution in [-0.2, 0) is 0 Å². The largest absolute Gasteiger partial charge is 0.370 e. The van der Waals surface area contributed by atoms with Crippen LogP contribution in [0.15, 0.2) is 34.2 Å². The molecule has 0 amide bonds. The third kappa shape index (κ3) is 6.77. The molecule has 18 heavy (non-hydrogen) atoms. The highest BCUT2D eigenvalue weighted by molar-refractivity contribution is 7.99. The summed E-state index contributed by atoms with van der Waals surface area (Å²) in [4.78, 5) is 5.44. The van der Waals surface area contributed by atoms with E-state index in [1.807, 2.05) is 24.3 Å². The summed E-state index contributed by atoms with van der Waals surface area (Å²) in [7, 11) is 0. The summed E-state index contributed by atoms with van der Waals surface area (Å²) in [5.74, 6) is 2.01. The third-order valence-corrected chi connectivity index (χ3v) is 3.38. The lowest BCUT2D eigenvalue weighted by Crippen LogP contribution is -2.33. The minimum Gasteiger partial charge on any atom is -0.370 e. The summed E-state index contributed by atoms with van der Waals surface area (Å²) in [6.07, 6.45) is 0. The van der Waals surface area contributed by atoms with Crippen LogP contribution in [-0.4, -0.2) is 24.8 Å². The summed E-state index contributed by atoms with van der Waals surface area (Å²) in [6, 6.07) is 7.83. The van der Waals surface area contributed by atoms with Crippen LogP contribution < -0.4 is 11.1 Å². The summed E-state index contributed by atoms with van der Waals surface area (Å²) < 4.78 is 0. The number of benzene rings is 1. The van der Waals surface area contributed by atoms with E-state index in [0.717, 1.165) is 23.9 Å². The quantitative estimate of drug-likeness (QED) is 0.366. The number of halogens is 1. The van der Waals surface area contributed by atoms with Crippen molar-refractivity contribution in [3.63, 3.8) is 0 Å². The molecule has 0 aliphatic heterocycles. The van der Waals surface area contributed by atoms with Crippen LogP contribution in [0.5, 0.6) is 0 Å². The molecular formula is C13H20ClN3S. The van der Waals surface area contributed by atoms with Crippen molar-refractivity contribution >= 4 is 29.3 Å². The van der Waals surface area contributed by atoms with Crippen molar-refractivity contribution in [3.05, 3.63) is 29.3 Å². The first-order valence-electron chi connectivity index (χ1n) is 6.00. The monoisotopic (exact) mass is 285 g/mol. The second kappa shape index (κ2) is 8.27. The number of nitrogens with zero attached hydrogens (tertiary/aromatic N) is 1. The van der Waals surface area contributed by atoms with E-state index in [1.165, 1.54) is 4.90 Å². The van der Waals surface area contributed by atoms with Gasteiger partial charge in [0.15, 0.2) is 5.96 Å². The molecule has 0 spiro atoms. The SMILES string of the molecule is CC(C)CN=C(N)NCCSc1ccc(Cl)cc1. The van der Waals surface area contributed by atoms with E-state index in [4.69, 9.17) is 17.3 Å². The first-order valence-corrected chi connectivity index (χ1v) is 7.36. The van der Waals surface area contributed by atoms with Gasteiger partial charge in [-0.05, 0) is 30.2 Å². The van der Waals surface area contributed by atoms with E-state index >= 15 is 0 Å². The van der Waals surface area contributed by atoms with Gasteiger partial charge in [0.25, 0.3) is 0 Å². The van der Waals surface area contributed by atoms with Gasteiger partial charge >= 0.3 is 0 Å². The molecular weight excluding hydrogens is 266 g/mol. The Morgan fingerprint density at radius 2 is 2.06 bits per heavy atom. The van der Waals surface area contributed by atoms with Gasteiger partial charge in [-0.25, -0.2) is 0 Å². The van der Waals surface area contributed by atoms with Gasteiger partial charge in [-0.1, -0.05) is 25.4 Å². The van der Waals surface area contributed by atoms with Crippen LogP contribution in [0, 0.1) is 5.92 Å². The maximum atomic E-state index is 5.82. The van der Waals surface area contributed by atoms with Crippen LogP contribution in [0.25, 0.3) is 0 Å². The fourth-order valence-corrected chi connectivity index (χ4v) is 2.11. The number of hydrogen-bond donors (Lipinski definition) is 2. The standard InChI is InChI=1S/C13H20ClN3S/c1-10(2)9-17-13(15)16-7-8-18-12-5-3-11(14)4-6-12/h3-6,10H,7-9H2,1-2H3,(H3,15,16,17). The predicted octanol–water partition coefficient (Wildman–Crippen LogP) is 2.99. The number of guanidine groups is 1. The van der Waals surface area contributed by atoms with Crippen molar-refractivity contribution in [2.24, 2.45) is 16.6 Å². The molecule has 3 N–H and O–H groups in total. The second-order valence-corrected chi connectivity index (χ2v) is 5.95. The molecule has 0 saturated heterocycles. The van der Waals surface area contributed by atoms with E-state index in [9.17, 15) is 0 Å². The minimum atomic E-state index is 0.528. The topological polar surface area (TPSA) is 50.4 Å². The lowest BCUT2D eigenvalue weighted by atomic mass is 10.2. The Balaban J connectivity index is 2.18. The highest BCUT2D eigenvalue weighted by Gasteiger charge is 1.96. The molecule has 0 fully saturated rings. The molecule has 1 rings (SSSR count). The maximum absolute atomic E-state index is 5.82. The Bertz CT molecular complexity index is 376. The van der Waals surface area contributed by atoms with Crippen molar-refractivity contribution < 1.29 is 0 Å². The van der Waals surface area contributed by atoms with E-state index in [1.54, 1.807) is 11.8 Å². The second-order valence-electron chi connectivity index (χ2n) is 4.35. The van der Waals surface area contributed by atoms with E-state index in [2.05, 4.69) is 24.2 Å². The number of rotatable bonds is 6. The molecule has 0 radical (unpaired) electrons. The number of nitrogens with two attached hydrogens (primary N) is 1. The molecule has 5 heteroatoms. The molecule has 0 heterocycles. The van der Waals surface area contributed by atoms with Crippen LogP contribution in [0.2, 0.25) is 5.02 Å². The Kier molecular flexibility index (Phi) is 6.98. The molecule has 3 nitrogen and oxygen atoms in total. The Hall–Kier alpha value is -0.870.